The Morgan fingerprint density at radius 3 is 1.88 bits per heavy atom. The molecule has 0 spiro atoms. The first kappa shape index (κ1) is 11.3. The van der Waals surface area contributed by atoms with Gasteiger partial charge in [0.25, 0.3) is 0 Å². The summed E-state index contributed by atoms with van der Waals surface area (Å²) in [7, 11) is -1.03. The summed E-state index contributed by atoms with van der Waals surface area (Å²) in [5, 5.41) is 0. The minimum atomic E-state index is -1.03. The van der Waals surface area contributed by atoms with E-state index >= 15 is 0 Å². The van der Waals surface area contributed by atoms with Crippen molar-refractivity contribution in [3.8, 4) is 0 Å². The Bertz CT molecular complexity index is 71.8. The summed E-state index contributed by atoms with van der Waals surface area (Å²) in [5.74, 6) is 0. The molecule has 0 aromatic heterocycles. The van der Waals surface area contributed by atoms with Crippen LogP contribution in [0.15, 0.2) is 0 Å². The average Bonchev–Trinajstić information content (AvgIpc) is 1.30. The number of aldehydes is 1. The molecule has 0 fully saturated rings. The molecule has 0 rings (SSSR count). The fraction of sp³-hybridized carbons (Fsp3) is 0.800. The Morgan fingerprint density at radius 1 is 1.50 bits per heavy atom. The van der Waals surface area contributed by atoms with Crippen LogP contribution in [-0.2, 0) is 4.79 Å². The third kappa shape index (κ3) is 9.70. The van der Waals surface area contributed by atoms with Gasteiger partial charge in [0.15, 0.2) is 0 Å². The van der Waals surface area contributed by atoms with Gasteiger partial charge in [-0.1, -0.05) is 19.6 Å². The fourth-order valence-corrected chi connectivity index (χ4v) is 0.750. The zero-order valence-electron chi connectivity index (χ0n) is 7.19. The maximum Gasteiger partial charge on any atom is 1.00 e. The van der Waals surface area contributed by atoms with Crippen LogP contribution in [0, 0.1) is 0 Å². The van der Waals surface area contributed by atoms with E-state index < -0.39 is 8.07 Å². The van der Waals surface area contributed by atoms with Crippen LogP contribution in [0.5, 0.6) is 0 Å². The van der Waals surface area contributed by atoms with Crippen molar-refractivity contribution in [2.45, 2.75) is 25.7 Å². The molecule has 0 unspecified atom stereocenters. The predicted molar refractivity (Wildman–Crippen MR) is 35.3 cm³/mol. The zero-order chi connectivity index (χ0) is 5.91. The molecule has 8 heavy (non-hydrogen) atoms. The minimum Gasteiger partial charge on any atom is -1.00 e. The van der Waals surface area contributed by atoms with Gasteiger partial charge >= 0.3 is 18.9 Å². The van der Waals surface area contributed by atoms with E-state index in [2.05, 4.69) is 19.6 Å². The summed E-state index contributed by atoms with van der Waals surface area (Å²) >= 11 is 0. The molecule has 0 saturated carbocycles. The van der Waals surface area contributed by atoms with E-state index in [1.165, 1.54) is 0 Å². The van der Waals surface area contributed by atoms with Gasteiger partial charge in [0, 0.05) is 0 Å². The summed E-state index contributed by atoms with van der Waals surface area (Å²) < 4.78 is 0. The summed E-state index contributed by atoms with van der Waals surface area (Å²) in [5.41, 5.74) is 0. The van der Waals surface area contributed by atoms with E-state index in [1.54, 1.807) is 0 Å². The largest absolute Gasteiger partial charge is 1.00 e. The fourth-order valence-electron chi connectivity index (χ4n) is 0.250. The van der Waals surface area contributed by atoms with Gasteiger partial charge < -0.3 is 6.22 Å². The molecule has 0 saturated heterocycles. The molecule has 1 nitrogen and oxygen atoms in total. The van der Waals surface area contributed by atoms with Gasteiger partial charge in [-0.15, -0.1) is 0 Å². The molecule has 0 aliphatic rings. The molecule has 0 bridgehead atoms. The van der Waals surface area contributed by atoms with Crippen molar-refractivity contribution in [3.63, 3.8) is 0 Å². The van der Waals surface area contributed by atoms with Gasteiger partial charge in [-0.05, 0) is 6.04 Å². The second-order valence-electron chi connectivity index (χ2n) is 2.93. The molecule has 0 atom stereocenters. The Hall–Kier alpha value is 0.484. The molecule has 3 heteroatoms. The van der Waals surface area contributed by atoms with E-state index in [4.69, 9.17) is 0 Å². The number of rotatable bonds is 2. The van der Waals surface area contributed by atoms with Crippen LogP contribution < -0.4 is 18.9 Å². The van der Waals surface area contributed by atoms with Crippen LogP contribution in [0.3, 0.4) is 0 Å². The molecule has 0 aromatic rings. The van der Waals surface area contributed by atoms with E-state index in [1.807, 2.05) is 0 Å². The summed E-state index contributed by atoms with van der Waals surface area (Å²) in [6.45, 7) is 6.55. The smallest absolute Gasteiger partial charge is 1.00 e. The first-order valence-corrected chi connectivity index (χ1v) is 6.20. The molecule has 0 heterocycles. The standard InChI is InChI=1S/C5H12OSi.Li.H/c1-7(2,3)5-4-6;;/h4H,5H2,1-3H3;;/q;+1;-1. The van der Waals surface area contributed by atoms with E-state index in [0.717, 1.165) is 12.3 Å². The number of carbonyl (C=O) groups excluding carboxylic acids is 1. The van der Waals surface area contributed by atoms with Gasteiger partial charge in [0.1, 0.15) is 6.29 Å². The maximum absolute atomic E-state index is 9.86. The quantitative estimate of drug-likeness (QED) is 0.328. The monoisotopic (exact) mass is 124 g/mol. The third-order valence-corrected chi connectivity index (χ3v) is 2.09. The second kappa shape index (κ2) is 4.37. The summed E-state index contributed by atoms with van der Waals surface area (Å²) in [4.78, 5) is 9.86. The van der Waals surface area contributed by atoms with Gasteiger partial charge in [0.2, 0.25) is 0 Å². The number of hydrogen-bond donors (Lipinski definition) is 0. The predicted octanol–water partition coefficient (Wildman–Crippen LogP) is -1.36. The molecular formula is C5H13LiOSi. The van der Waals surface area contributed by atoms with Crippen molar-refractivity contribution < 1.29 is 25.1 Å². The van der Waals surface area contributed by atoms with Crippen molar-refractivity contribution in [1.82, 2.24) is 0 Å². The summed E-state index contributed by atoms with van der Waals surface area (Å²) in [6, 6.07) is 0.799. The molecule has 0 N–H and O–H groups in total. The first-order valence-electron chi connectivity index (χ1n) is 2.50. The molecule has 0 amide bonds. The van der Waals surface area contributed by atoms with Crippen molar-refractivity contribution in [2.75, 3.05) is 0 Å². The molecule has 0 radical (unpaired) electrons. The number of carbonyl (C=O) groups is 1. The van der Waals surface area contributed by atoms with Crippen LogP contribution in [0.1, 0.15) is 1.43 Å². The Labute approximate surface area is 65.5 Å². The van der Waals surface area contributed by atoms with Gasteiger partial charge in [-0.3, -0.25) is 0 Å². The third-order valence-electron chi connectivity index (χ3n) is 0.696. The average molecular weight is 124 g/mol. The van der Waals surface area contributed by atoms with Crippen LogP contribution in [-0.4, -0.2) is 14.4 Å². The normalized spacial score (nSPS) is 9.88. The van der Waals surface area contributed by atoms with Gasteiger partial charge in [-0.2, -0.15) is 0 Å². The van der Waals surface area contributed by atoms with Crippen molar-refractivity contribution >= 4 is 14.4 Å². The number of hydrogen-bond acceptors (Lipinski definition) is 1. The SMILES string of the molecule is C[Si](C)(C)CC=O.[H-].[Li+]. The van der Waals surface area contributed by atoms with Crippen molar-refractivity contribution in [3.05, 3.63) is 0 Å². The van der Waals surface area contributed by atoms with Crippen molar-refractivity contribution in [1.29, 1.82) is 0 Å². The van der Waals surface area contributed by atoms with Crippen LogP contribution >= 0.6 is 0 Å². The summed E-state index contributed by atoms with van der Waals surface area (Å²) in [6.07, 6.45) is 1.02. The molecule has 0 aromatic carbocycles. The molecule has 0 aliphatic carbocycles. The first-order chi connectivity index (χ1) is 3.06. The topological polar surface area (TPSA) is 17.1 Å². The van der Waals surface area contributed by atoms with Gasteiger partial charge in [0.05, 0.1) is 8.07 Å². The van der Waals surface area contributed by atoms with E-state index in [-0.39, 0.29) is 20.3 Å². The maximum atomic E-state index is 9.86. The van der Waals surface area contributed by atoms with E-state index in [9.17, 15) is 4.79 Å². The Balaban J connectivity index is -0.000000180. The molecular weight excluding hydrogens is 111 g/mol. The van der Waals surface area contributed by atoms with Crippen LogP contribution in [0.2, 0.25) is 25.7 Å². The Kier molecular flexibility index (Phi) is 6.18. The second-order valence-corrected chi connectivity index (χ2v) is 8.46. The molecule has 0 aliphatic heterocycles. The van der Waals surface area contributed by atoms with Gasteiger partial charge in [-0.25, -0.2) is 0 Å². The molecule has 44 valence electrons. The Morgan fingerprint density at radius 2 is 1.88 bits per heavy atom. The van der Waals surface area contributed by atoms with Crippen molar-refractivity contribution in [2.24, 2.45) is 0 Å². The van der Waals surface area contributed by atoms with Crippen LogP contribution in [0.4, 0.5) is 0 Å². The zero-order valence-corrected chi connectivity index (χ0v) is 7.19. The minimum absolute atomic E-state index is 0. The van der Waals surface area contributed by atoms with Crippen LogP contribution in [0.25, 0.3) is 0 Å². The van der Waals surface area contributed by atoms with E-state index in [0.29, 0.717) is 0 Å².